The number of carbonyl (C=O) groups excluding carboxylic acids is 1. The molecule has 0 aromatic heterocycles. The molecular formula is C9H16O2. The van der Waals surface area contributed by atoms with Gasteiger partial charge in [-0.3, -0.25) is 4.79 Å². The molecular weight excluding hydrogens is 140 g/mol. The first-order chi connectivity index (χ1) is 5.06. The highest BCUT2D eigenvalue weighted by Gasteiger charge is 2.06. The molecule has 0 spiro atoms. The molecule has 0 bridgehead atoms. The third-order valence-electron chi connectivity index (χ3n) is 1.26. The molecule has 0 aliphatic carbocycles. The van der Waals surface area contributed by atoms with E-state index < -0.39 is 0 Å². The number of ether oxygens (including phenoxy) is 1. The van der Waals surface area contributed by atoms with Gasteiger partial charge in [0.25, 0.3) is 0 Å². The van der Waals surface area contributed by atoms with Gasteiger partial charge in [0.2, 0.25) is 0 Å². The van der Waals surface area contributed by atoms with Gasteiger partial charge in [-0.2, -0.15) is 0 Å². The minimum atomic E-state index is -0.140. The van der Waals surface area contributed by atoms with Gasteiger partial charge in [0.05, 0.1) is 0 Å². The number of rotatable bonds is 4. The van der Waals surface area contributed by atoms with Crippen LogP contribution < -0.4 is 0 Å². The number of carbonyl (C=O) groups is 1. The van der Waals surface area contributed by atoms with Gasteiger partial charge in [0.1, 0.15) is 6.10 Å². The predicted octanol–water partition coefficient (Wildman–Crippen LogP) is 2.29. The third kappa shape index (κ3) is 5.64. The van der Waals surface area contributed by atoms with Crippen LogP contribution in [0.2, 0.25) is 0 Å². The average Bonchev–Trinajstić information content (AvgIpc) is 1.85. The smallest absolute Gasteiger partial charge is 0.305 e. The Kier molecular flexibility index (Phi) is 4.59. The molecule has 64 valence electrons. The van der Waals surface area contributed by atoms with Crippen molar-refractivity contribution in [3.8, 4) is 0 Å². The predicted molar refractivity (Wildman–Crippen MR) is 45.3 cm³/mol. The summed E-state index contributed by atoms with van der Waals surface area (Å²) < 4.78 is 5.01. The Bertz CT molecular complexity index is 150. The van der Waals surface area contributed by atoms with Gasteiger partial charge >= 0.3 is 5.97 Å². The number of hydrogen-bond acceptors (Lipinski definition) is 2. The van der Waals surface area contributed by atoms with E-state index >= 15 is 0 Å². The van der Waals surface area contributed by atoms with E-state index in [1.807, 2.05) is 13.8 Å². The standard InChI is InChI=1S/C9H16O2/c1-5-9(10)11-8(4)6-7(2)3/h8H,2,5-6H2,1,3-4H3. The van der Waals surface area contributed by atoms with E-state index in [0.717, 1.165) is 12.0 Å². The Balaban J connectivity index is 3.60. The molecule has 0 aliphatic rings. The van der Waals surface area contributed by atoms with E-state index in [-0.39, 0.29) is 12.1 Å². The second kappa shape index (κ2) is 4.94. The molecule has 1 atom stereocenters. The lowest BCUT2D eigenvalue weighted by molar-refractivity contribution is -0.147. The lowest BCUT2D eigenvalue weighted by atomic mass is 10.2. The summed E-state index contributed by atoms with van der Waals surface area (Å²) in [5, 5.41) is 0. The number of esters is 1. The van der Waals surface area contributed by atoms with Gasteiger partial charge in [-0.15, -0.1) is 6.58 Å². The summed E-state index contributed by atoms with van der Waals surface area (Å²) in [4.78, 5) is 10.8. The van der Waals surface area contributed by atoms with E-state index in [1.54, 1.807) is 6.92 Å². The zero-order valence-corrected chi connectivity index (χ0v) is 7.52. The van der Waals surface area contributed by atoms with Crippen LogP contribution in [0, 0.1) is 0 Å². The molecule has 2 heteroatoms. The van der Waals surface area contributed by atoms with Crippen LogP contribution in [-0.4, -0.2) is 12.1 Å². The first-order valence-corrected chi connectivity index (χ1v) is 3.90. The van der Waals surface area contributed by atoms with Crippen molar-refractivity contribution < 1.29 is 9.53 Å². The second-order valence-electron chi connectivity index (χ2n) is 2.82. The van der Waals surface area contributed by atoms with E-state index in [1.165, 1.54) is 0 Å². The summed E-state index contributed by atoms with van der Waals surface area (Å²) in [6.45, 7) is 9.33. The normalized spacial score (nSPS) is 12.3. The van der Waals surface area contributed by atoms with Crippen molar-refractivity contribution in [3.05, 3.63) is 12.2 Å². The molecule has 0 heterocycles. The summed E-state index contributed by atoms with van der Waals surface area (Å²) in [6, 6.07) is 0. The Morgan fingerprint density at radius 2 is 2.18 bits per heavy atom. The van der Waals surface area contributed by atoms with Crippen molar-refractivity contribution in [2.24, 2.45) is 0 Å². The minimum Gasteiger partial charge on any atom is -0.462 e. The van der Waals surface area contributed by atoms with Crippen LogP contribution in [0.1, 0.15) is 33.6 Å². The molecule has 0 fully saturated rings. The Hall–Kier alpha value is -0.790. The van der Waals surface area contributed by atoms with Crippen molar-refractivity contribution in [2.45, 2.75) is 39.7 Å². The van der Waals surface area contributed by atoms with Crippen molar-refractivity contribution in [1.82, 2.24) is 0 Å². The van der Waals surface area contributed by atoms with Gasteiger partial charge in [-0.1, -0.05) is 12.5 Å². The summed E-state index contributed by atoms with van der Waals surface area (Å²) in [5.74, 6) is -0.140. The molecule has 0 N–H and O–H groups in total. The molecule has 0 radical (unpaired) electrons. The highest BCUT2D eigenvalue weighted by molar-refractivity contribution is 5.69. The molecule has 0 aromatic carbocycles. The lowest BCUT2D eigenvalue weighted by Crippen LogP contribution is -2.13. The topological polar surface area (TPSA) is 26.3 Å². The van der Waals surface area contributed by atoms with Crippen LogP contribution in [-0.2, 0) is 9.53 Å². The largest absolute Gasteiger partial charge is 0.462 e. The van der Waals surface area contributed by atoms with Crippen LogP contribution in [0.3, 0.4) is 0 Å². The molecule has 0 saturated carbocycles. The first-order valence-electron chi connectivity index (χ1n) is 3.90. The fraction of sp³-hybridized carbons (Fsp3) is 0.667. The van der Waals surface area contributed by atoms with Crippen LogP contribution in [0.15, 0.2) is 12.2 Å². The van der Waals surface area contributed by atoms with Crippen LogP contribution in [0.25, 0.3) is 0 Å². The molecule has 0 saturated heterocycles. The highest BCUT2D eigenvalue weighted by atomic mass is 16.5. The van der Waals surface area contributed by atoms with E-state index in [2.05, 4.69) is 6.58 Å². The molecule has 0 amide bonds. The SMILES string of the molecule is C=C(C)CC(C)OC(=O)CC. The van der Waals surface area contributed by atoms with E-state index in [0.29, 0.717) is 6.42 Å². The molecule has 0 aromatic rings. The zero-order chi connectivity index (χ0) is 8.85. The summed E-state index contributed by atoms with van der Waals surface area (Å²) in [5.41, 5.74) is 1.04. The second-order valence-corrected chi connectivity index (χ2v) is 2.82. The monoisotopic (exact) mass is 156 g/mol. The zero-order valence-electron chi connectivity index (χ0n) is 7.52. The Morgan fingerprint density at radius 3 is 2.55 bits per heavy atom. The molecule has 2 nitrogen and oxygen atoms in total. The summed E-state index contributed by atoms with van der Waals surface area (Å²) >= 11 is 0. The maximum atomic E-state index is 10.8. The van der Waals surface area contributed by atoms with Gasteiger partial charge in [-0.25, -0.2) is 0 Å². The van der Waals surface area contributed by atoms with Gasteiger partial charge < -0.3 is 4.74 Å². The lowest BCUT2D eigenvalue weighted by Gasteiger charge is -2.11. The fourth-order valence-corrected chi connectivity index (χ4v) is 0.840. The number of hydrogen-bond donors (Lipinski definition) is 0. The van der Waals surface area contributed by atoms with Gasteiger partial charge in [0, 0.05) is 12.8 Å². The van der Waals surface area contributed by atoms with Crippen LogP contribution in [0.4, 0.5) is 0 Å². The van der Waals surface area contributed by atoms with Gasteiger partial charge in [0.15, 0.2) is 0 Å². The highest BCUT2D eigenvalue weighted by Crippen LogP contribution is 2.05. The van der Waals surface area contributed by atoms with Crippen molar-refractivity contribution in [2.75, 3.05) is 0 Å². The quantitative estimate of drug-likeness (QED) is 0.461. The van der Waals surface area contributed by atoms with Crippen LogP contribution >= 0.6 is 0 Å². The third-order valence-corrected chi connectivity index (χ3v) is 1.26. The van der Waals surface area contributed by atoms with Gasteiger partial charge in [-0.05, 0) is 13.8 Å². The molecule has 0 rings (SSSR count). The van der Waals surface area contributed by atoms with Crippen molar-refractivity contribution in [3.63, 3.8) is 0 Å². The van der Waals surface area contributed by atoms with E-state index in [9.17, 15) is 4.79 Å². The fourth-order valence-electron chi connectivity index (χ4n) is 0.840. The molecule has 11 heavy (non-hydrogen) atoms. The minimum absolute atomic E-state index is 0.0278. The van der Waals surface area contributed by atoms with E-state index in [4.69, 9.17) is 4.74 Å². The average molecular weight is 156 g/mol. The van der Waals surface area contributed by atoms with Crippen molar-refractivity contribution >= 4 is 5.97 Å². The Labute approximate surface area is 68.2 Å². The summed E-state index contributed by atoms with van der Waals surface area (Å²) in [6.07, 6.45) is 1.17. The summed E-state index contributed by atoms with van der Waals surface area (Å²) in [7, 11) is 0. The molecule has 1 unspecified atom stereocenters. The maximum Gasteiger partial charge on any atom is 0.305 e. The first kappa shape index (κ1) is 10.2. The van der Waals surface area contributed by atoms with Crippen LogP contribution in [0.5, 0.6) is 0 Å². The maximum absolute atomic E-state index is 10.8. The Morgan fingerprint density at radius 1 is 1.64 bits per heavy atom. The molecule has 0 aliphatic heterocycles. The van der Waals surface area contributed by atoms with Crippen molar-refractivity contribution in [1.29, 1.82) is 0 Å².